The van der Waals surface area contributed by atoms with Crippen molar-refractivity contribution in [1.82, 2.24) is 4.98 Å². The molecule has 0 atom stereocenters. The Morgan fingerprint density at radius 1 is 1.38 bits per heavy atom. The molecule has 1 aromatic carbocycles. The number of rotatable bonds is 4. The van der Waals surface area contributed by atoms with Gasteiger partial charge < -0.3 is 9.52 Å². The molecule has 0 radical (unpaired) electrons. The standard InChI is InChI=1S/C16H15NO3S/c1-9(2)7-12-14(16(18)19)20-15(17-12)11-8-21-13-6-4-3-5-10(11)13/h3-6,8-9H,7H2,1-2H3,(H,18,19). The molecule has 0 aliphatic heterocycles. The number of fused-ring (bicyclic) bond motifs is 1. The van der Waals surface area contributed by atoms with Crippen molar-refractivity contribution in [3.05, 3.63) is 41.1 Å². The van der Waals surface area contributed by atoms with Crippen molar-refractivity contribution in [2.45, 2.75) is 20.3 Å². The van der Waals surface area contributed by atoms with Gasteiger partial charge in [0.2, 0.25) is 11.7 Å². The average molecular weight is 301 g/mol. The van der Waals surface area contributed by atoms with Gasteiger partial charge in [0.05, 0.1) is 11.3 Å². The van der Waals surface area contributed by atoms with Gasteiger partial charge in [0.15, 0.2) is 0 Å². The second-order valence-corrected chi connectivity index (χ2v) is 6.25. The van der Waals surface area contributed by atoms with Gasteiger partial charge in [-0.25, -0.2) is 9.78 Å². The largest absolute Gasteiger partial charge is 0.475 e. The summed E-state index contributed by atoms with van der Waals surface area (Å²) in [5.41, 5.74) is 1.37. The van der Waals surface area contributed by atoms with E-state index >= 15 is 0 Å². The van der Waals surface area contributed by atoms with Gasteiger partial charge in [-0.05, 0) is 18.4 Å². The number of nitrogens with zero attached hydrogens (tertiary/aromatic N) is 1. The second-order valence-electron chi connectivity index (χ2n) is 5.34. The molecule has 2 heterocycles. The van der Waals surface area contributed by atoms with Crippen LogP contribution in [0.1, 0.15) is 30.1 Å². The van der Waals surface area contributed by atoms with Crippen molar-refractivity contribution >= 4 is 27.4 Å². The summed E-state index contributed by atoms with van der Waals surface area (Å²) in [6.45, 7) is 4.06. The van der Waals surface area contributed by atoms with E-state index in [-0.39, 0.29) is 5.76 Å². The Labute approximate surface area is 126 Å². The van der Waals surface area contributed by atoms with Crippen LogP contribution in [0.4, 0.5) is 0 Å². The van der Waals surface area contributed by atoms with Crippen LogP contribution in [-0.2, 0) is 6.42 Å². The Bertz CT molecular complexity index is 801. The highest BCUT2D eigenvalue weighted by Crippen LogP contribution is 2.34. The number of oxazole rings is 1. The summed E-state index contributed by atoms with van der Waals surface area (Å²) < 4.78 is 6.66. The van der Waals surface area contributed by atoms with E-state index in [2.05, 4.69) is 4.98 Å². The number of aromatic nitrogens is 1. The summed E-state index contributed by atoms with van der Waals surface area (Å²) in [5.74, 6) is -0.404. The van der Waals surface area contributed by atoms with Crippen molar-refractivity contribution in [1.29, 1.82) is 0 Å². The van der Waals surface area contributed by atoms with Crippen LogP contribution in [0.25, 0.3) is 21.5 Å². The third-order valence-electron chi connectivity index (χ3n) is 3.20. The van der Waals surface area contributed by atoms with E-state index in [1.165, 1.54) is 0 Å². The highest BCUT2D eigenvalue weighted by Gasteiger charge is 2.22. The summed E-state index contributed by atoms with van der Waals surface area (Å²) in [7, 11) is 0. The molecule has 5 heteroatoms. The van der Waals surface area contributed by atoms with Crippen LogP contribution in [0.2, 0.25) is 0 Å². The van der Waals surface area contributed by atoms with Gasteiger partial charge in [-0.15, -0.1) is 11.3 Å². The lowest BCUT2D eigenvalue weighted by Crippen LogP contribution is -2.03. The number of carboxylic acid groups (broad SMARTS) is 1. The highest BCUT2D eigenvalue weighted by molar-refractivity contribution is 7.17. The zero-order valence-electron chi connectivity index (χ0n) is 11.8. The molecular formula is C16H15NO3S. The van der Waals surface area contributed by atoms with Crippen molar-refractivity contribution in [2.24, 2.45) is 5.92 Å². The summed E-state index contributed by atoms with van der Waals surface area (Å²) in [4.78, 5) is 15.7. The Hall–Kier alpha value is -2.14. The monoisotopic (exact) mass is 301 g/mol. The Morgan fingerprint density at radius 3 is 2.86 bits per heavy atom. The predicted molar refractivity (Wildman–Crippen MR) is 82.8 cm³/mol. The van der Waals surface area contributed by atoms with Gasteiger partial charge in [-0.2, -0.15) is 0 Å². The number of thiophene rings is 1. The molecule has 4 nitrogen and oxygen atoms in total. The van der Waals surface area contributed by atoms with E-state index in [0.29, 0.717) is 23.9 Å². The summed E-state index contributed by atoms with van der Waals surface area (Å²) in [6.07, 6.45) is 0.590. The van der Waals surface area contributed by atoms with Gasteiger partial charge in [0, 0.05) is 15.5 Å². The molecule has 1 N–H and O–H groups in total. The smallest absolute Gasteiger partial charge is 0.373 e. The molecule has 0 spiro atoms. The Balaban J connectivity index is 2.12. The van der Waals surface area contributed by atoms with Crippen LogP contribution >= 0.6 is 11.3 Å². The van der Waals surface area contributed by atoms with Gasteiger partial charge in [0.1, 0.15) is 0 Å². The van der Waals surface area contributed by atoms with Crippen LogP contribution in [0.5, 0.6) is 0 Å². The fourth-order valence-electron chi connectivity index (χ4n) is 2.30. The minimum atomic E-state index is -1.07. The molecule has 3 aromatic rings. The molecule has 0 bridgehead atoms. The fourth-order valence-corrected chi connectivity index (χ4v) is 3.24. The average Bonchev–Trinajstić information content (AvgIpc) is 3.01. The minimum Gasteiger partial charge on any atom is -0.475 e. The first-order valence-electron chi connectivity index (χ1n) is 6.76. The van der Waals surface area contributed by atoms with Crippen LogP contribution in [0.3, 0.4) is 0 Å². The van der Waals surface area contributed by atoms with E-state index in [4.69, 9.17) is 4.42 Å². The van der Waals surface area contributed by atoms with Crippen molar-refractivity contribution in [2.75, 3.05) is 0 Å². The zero-order chi connectivity index (χ0) is 15.0. The first kappa shape index (κ1) is 13.8. The normalized spacial score (nSPS) is 11.4. The van der Waals surface area contributed by atoms with E-state index in [0.717, 1.165) is 15.6 Å². The van der Waals surface area contributed by atoms with Gasteiger partial charge >= 0.3 is 5.97 Å². The molecule has 0 saturated carbocycles. The van der Waals surface area contributed by atoms with E-state index < -0.39 is 5.97 Å². The number of hydrogen-bond acceptors (Lipinski definition) is 4. The zero-order valence-corrected chi connectivity index (χ0v) is 12.6. The van der Waals surface area contributed by atoms with Gasteiger partial charge in [-0.1, -0.05) is 32.0 Å². The third-order valence-corrected chi connectivity index (χ3v) is 4.17. The van der Waals surface area contributed by atoms with Gasteiger partial charge in [0.25, 0.3) is 0 Å². The topological polar surface area (TPSA) is 63.3 Å². The fraction of sp³-hybridized carbons (Fsp3) is 0.250. The molecule has 0 fully saturated rings. The molecule has 0 unspecified atom stereocenters. The summed E-state index contributed by atoms with van der Waals surface area (Å²) in [6, 6.07) is 7.95. The number of carbonyl (C=O) groups is 1. The van der Waals surface area contributed by atoms with Crippen LogP contribution in [0.15, 0.2) is 34.1 Å². The number of hydrogen-bond donors (Lipinski definition) is 1. The summed E-state index contributed by atoms with van der Waals surface area (Å²) in [5, 5.41) is 12.3. The van der Waals surface area contributed by atoms with Crippen molar-refractivity contribution in [3.63, 3.8) is 0 Å². The molecule has 21 heavy (non-hydrogen) atoms. The lowest BCUT2D eigenvalue weighted by Gasteiger charge is -1.99. The van der Waals surface area contributed by atoms with Crippen molar-refractivity contribution in [3.8, 4) is 11.5 Å². The van der Waals surface area contributed by atoms with Crippen LogP contribution in [0, 0.1) is 5.92 Å². The summed E-state index contributed by atoms with van der Waals surface area (Å²) >= 11 is 1.60. The second kappa shape index (κ2) is 5.33. The molecule has 2 aromatic heterocycles. The van der Waals surface area contributed by atoms with Crippen LogP contribution < -0.4 is 0 Å². The maximum atomic E-state index is 11.3. The Kier molecular flexibility index (Phi) is 3.51. The number of aromatic carboxylic acids is 1. The molecule has 0 saturated heterocycles. The minimum absolute atomic E-state index is 0.0472. The van der Waals surface area contributed by atoms with Crippen molar-refractivity contribution < 1.29 is 14.3 Å². The highest BCUT2D eigenvalue weighted by atomic mass is 32.1. The molecule has 0 amide bonds. The first-order chi connectivity index (χ1) is 10.1. The molecule has 3 rings (SSSR count). The Morgan fingerprint density at radius 2 is 2.14 bits per heavy atom. The molecule has 108 valence electrons. The first-order valence-corrected chi connectivity index (χ1v) is 7.64. The number of carboxylic acids is 1. The maximum Gasteiger partial charge on any atom is 0.373 e. The SMILES string of the molecule is CC(C)Cc1nc(-c2csc3ccccc23)oc1C(=O)O. The van der Waals surface area contributed by atoms with Crippen LogP contribution in [-0.4, -0.2) is 16.1 Å². The molecule has 0 aliphatic carbocycles. The van der Waals surface area contributed by atoms with E-state index in [1.54, 1.807) is 11.3 Å². The van der Waals surface area contributed by atoms with E-state index in [1.807, 2.05) is 43.5 Å². The molecule has 0 aliphatic rings. The van der Waals surface area contributed by atoms with Gasteiger partial charge in [-0.3, -0.25) is 0 Å². The lowest BCUT2D eigenvalue weighted by atomic mass is 10.1. The predicted octanol–water partition coefficient (Wildman–Crippen LogP) is 4.45. The maximum absolute atomic E-state index is 11.3. The van der Waals surface area contributed by atoms with E-state index in [9.17, 15) is 9.90 Å². The third kappa shape index (κ3) is 2.56. The lowest BCUT2D eigenvalue weighted by molar-refractivity contribution is 0.0661. The molecular weight excluding hydrogens is 286 g/mol. The quantitative estimate of drug-likeness (QED) is 0.773. The number of benzene rings is 1.